The van der Waals surface area contributed by atoms with E-state index in [1.807, 2.05) is 13.8 Å². The van der Waals surface area contributed by atoms with Gasteiger partial charge in [-0.1, -0.05) is 48.1 Å². The van der Waals surface area contributed by atoms with E-state index >= 15 is 0 Å². The molecule has 0 spiro atoms. The number of carbonyl (C=O) groups is 1. The van der Waals surface area contributed by atoms with Crippen LogP contribution in [0.15, 0.2) is 24.3 Å². The highest BCUT2D eigenvalue weighted by Crippen LogP contribution is 2.41. The number of aromatic nitrogens is 3. The van der Waals surface area contributed by atoms with Crippen LogP contribution in [0.3, 0.4) is 0 Å². The second-order valence-corrected chi connectivity index (χ2v) is 8.77. The summed E-state index contributed by atoms with van der Waals surface area (Å²) in [5.41, 5.74) is 2.26. The Morgan fingerprint density at radius 3 is 2.77 bits per heavy atom. The van der Waals surface area contributed by atoms with E-state index in [9.17, 15) is 9.90 Å². The molecule has 0 amide bonds. The average Bonchev–Trinajstić information content (AvgIpc) is 3.29. The number of nitrogens with zero attached hydrogens (tertiary/aromatic N) is 4. The maximum atomic E-state index is 12.4. The Kier molecular flexibility index (Phi) is 6.06. The van der Waals surface area contributed by atoms with Crippen LogP contribution in [0.1, 0.15) is 54.6 Å². The minimum Gasteiger partial charge on any atom is -0.492 e. The first-order chi connectivity index (χ1) is 14.5. The molecule has 1 saturated heterocycles. The van der Waals surface area contributed by atoms with Crippen LogP contribution >= 0.6 is 11.3 Å². The minimum atomic E-state index is -0.165. The van der Waals surface area contributed by atoms with Crippen molar-refractivity contribution in [2.75, 3.05) is 19.7 Å². The number of aromatic hydroxyl groups is 1. The summed E-state index contributed by atoms with van der Waals surface area (Å²) in [6.45, 7) is 7.74. The summed E-state index contributed by atoms with van der Waals surface area (Å²) in [5.74, 6) is 0.563. The Labute approximate surface area is 180 Å². The molecule has 30 heavy (non-hydrogen) atoms. The van der Waals surface area contributed by atoms with Crippen LogP contribution in [0.5, 0.6) is 5.88 Å². The first kappa shape index (κ1) is 20.8. The molecule has 0 aliphatic carbocycles. The van der Waals surface area contributed by atoms with Crippen LogP contribution in [-0.2, 0) is 16.0 Å². The quantitative estimate of drug-likeness (QED) is 0.603. The van der Waals surface area contributed by atoms with Crippen LogP contribution in [0, 0.1) is 12.8 Å². The Hall–Kier alpha value is -2.45. The van der Waals surface area contributed by atoms with E-state index in [2.05, 4.69) is 46.2 Å². The number of esters is 1. The van der Waals surface area contributed by atoms with Gasteiger partial charge in [0.25, 0.3) is 0 Å². The molecule has 1 aromatic carbocycles. The van der Waals surface area contributed by atoms with E-state index in [4.69, 9.17) is 4.74 Å². The van der Waals surface area contributed by atoms with Gasteiger partial charge in [-0.25, -0.2) is 4.98 Å². The molecule has 1 aliphatic rings. The summed E-state index contributed by atoms with van der Waals surface area (Å²) < 4.78 is 6.82. The van der Waals surface area contributed by atoms with Gasteiger partial charge in [0.05, 0.1) is 23.4 Å². The van der Waals surface area contributed by atoms with Gasteiger partial charge in [-0.3, -0.25) is 9.69 Å². The summed E-state index contributed by atoms with van der Waals surface area (Å²) in [7, 11) is 0. The molecule has 4 rings (SSSR count). The molecule has 8 heteroatoms. The predicted molar refractivity (Wildman–Crippen MR) is 116 cm³/mol. The smallest absolute Gasteiger partial charge is 0.310 e. The van der Waals surface area contributed by atoms with E-state index in [0.717, 1.165) is 42.1 Å². The molecule has 1 fully saturated rings. The molecular formula is C22H28N4O3S. The van der Waals surface area contributed by atoms with Crippen molar-refractivity contribution in [3.05, 3.63) is 46.1 Å². The largest absolute Gasteiger partial charge is 0.492 e. The Bertz CT molecular complexity index is 1030. The fourth-order valence-corrected chi connectivity index (χ4v) is 5.22. The molecule has 0 bridgehead atoms. The zero-order valence-corrected chi connectivity index (χ0v) is 18.5. The van der Waals surface area contributed by atoms with Gasteiger partial charge < -0.3 is 9.84 Å². The van der Waals surface area contributed by atoms with Crippen molar-refractivity contribution in [2.45, 2.75) is 46.1 Å². The molecule has 0 saturated carbocycles. The highest BCUT2D eigenvalue weighted by atomic mass is 32.1. The highest BCUT2D eigenvalue weighted by molar-refractivity contribution is 7.17. The first-order valence-electron chi connectivity index (χ1n) is 10.6. The molecule has 3 heterocycles. The van der Waals surface area contributed by atoms with Gasteiger partial charge in [-0.2, -0.15) is 4.52 Å². The van der Waals surface area contributed by atoms with E-state index < -0.39 is 0 Å². The number of piperidine rings is 1. The summed E-state index contributed by atoms with van der Waals surface area (Å²) in [6, 6.07) is 8.19. The second-order valence-electron chi connectivity index (χ2n) is 7.77. The molecule has 1 N–H and O–H groups in total. The van der Waals surface area contributed by atoms with Crippen molar-refractivity contribution < 1.29 is 14.6 Å². The van der Waals surface area contributed by atoms with E-state index in [1.165, 1.54) is 21.4 Å². The number of ether oxygens (including phenoxy) is 1. The molecular weight excluding hydrogens is 400 g/mol. The Balaban J connectivity index is 1.73. The Morgan fingerprint density at radius 1 is 1.33 bits per heavy atom. The van der Waals surface area contributed by atoms with Crippen LogP contribution in [0.25, 0.3) is 4.96 Å². The van der Waals surface area contributed by atoms with Crippen LogP contribution < -0.4 is 0 Å². The lowest BCUT2D eigenvalue weighted by Crippen LogP contribution is -2.41. The van der Waals surface area contributed by atoms with Crippen LogP contribution in [0.2, 0.25) is 0 Å². The normalized spacial score (nSPS) is 18.6. The summed E-state index contributed by atoms with van der Waals surface area (Å²) in [5, 5.41) is 15.5. The number of fused-ring (bicyclic) bond motifs is 1. The molecule has 1 aliphatic heterocycles. The molecule has 3 aromatic rings. The first-order valence-corrected chi connectivity index (χ1v) is 11.4. The van der Waals surface area contributed by atoms with Gasteiger partial charge in [0.15, 0.2) is 5.82 Å². The number of carbonyl (C=O) groups excluding carboxylic acids is 1. The highest BCUT2D eigenvalue weighted by Gasteiger charge is 2.35. The van der Waals surface area contributed by atoms with Crippen molar-refractivity contribution in [2.24, 2.45) is 5.92 Å². The second kappa shape index (κ2) is 8.73. The van der Waals surface area contributed by atoms with Gasteiger partial charge in [0.1, 0.15) is 0 Å². The predicted octanol–water partition coefficient (Wildman–Crippen LogP) is 3.73. The number of hydrogen-bond donors (Lipinski definition) is 1. The lowest BCUT2D eigenvalue weighted by atomic mass is 9.94. The van der Waals surface area contributed by atoms with Crippen molar-refractivity contribution in [3.63, 3.8) is 0 Å². The number of hydrogen-bond acceptors (Lipinski definition) is 7. The third kappa shape index (κ3) is 3.94. The standard InChI is InChI=1S/C22H28N4O3S/c1-4-17-23-22-26(24-17)20(27)19(30-22)18(15-10-8-14(3)9-11-15)25-12-6-7-16(13-25)21(28)29-5-2/h8-11,16,18,27H,4-7,12-13H2,1-3H3/t16-,18+/m0/s1. The van der Waals surface area contributed by atoms with Crippen LogP contribution in [-0.4, -0.2) is 50.3 Å². The topological polar surface area (TPSA) is 80.0 Å². The van der Waals surface area contributed by atoms with E-state index in [0.29, 0.717) is 18.1 Å². The van der Waals surface area contributed by atoms with Gasteiger partial charge >= 0.3 is 5.97 Å². The van der Waals surface area contributed by atoms with Gasteiger partial charge in [-0.15, -0.1) is 5.10 Å². The summed E-state index contributed by atoms with van der Waals surface area (Å²) in [6.07, 6.45) is 2.46. The van der Waals surface area contributed by atoms with Gasteiger partial charge in [0.2, 0.25) is 10.8 Å². The summed E-state index contributed by atoms with van der Waals surface area (Å²) >= 11 is 1.46. The average molecular weight is 429 g/mol. The third-order valence-corrected chi connectivity index (χ3v) is 6.71. The SMILES string of the molecule is CCOC(=O)[C@H]1CCCN([C@H](c2ccc(C)cc2)c2sc3nc(CC)nn3c2O)C1. The van der Waals surface area contributed by atoms with Crippen LogP contribution in [0.4, 0.5) is 0 Å². The number of rotatable bonds is 6. The fourth-order valence-electron chi connectivity index (χ4n) is 4.09. The molecule has 2 aromatic heterocycles. The Morgan fingerprint density at radius 2 is 2.10 bits per heavy atom. The van der Waals surface area contributed by atoms with Crippen molar-refractivity contribution in [1.82, 2.24) is 19.5 Å². The van der Waals surface area contributed by atoms with Crippen molar-refractivity contribution in [1.29, 1.82) is 0 Å². The zero-order valence-electron chi connectivity index (χ0n) is 17.7. The number of thiazole rings is 1. The number of likely N-dealkylation sites (tertiary alicyclic amines) is 1. The lowest BCUT2D eigenvalue weighted by molar-refractivity contribution is -0.150. The lowest BCUT2D eigenvalue weighted by Gasteiger charge is -2.37. The molecule has 2 atom stereocenters. The number of benzene rings is 1. The zero-order chi connectivity index (χ0) is 21.3. The molecule has 7 nitrogen and oxygen atoms in total. The molecule has 0 radical (unpaired) electrons. The number of aryl methyl sites for hydroxylation is 2. The third-order valence-electron chi connectivity index (χ3n) is 5.64. The maximum Gasteiger partial charge on any atom is 0.310 e. The fraction of sp³-hybridized carbons (Fsp3) is 0.500. The summed E-state index contributed by atoms with van der Waals surface area (Å²) in [4.78, 5) is 20.7. The van der Waals surface area contributed by atoms with Gasteiger partial charge in [-0.05, 0) is 38.8 Å². The monoisotopic (exact) mass is 428 g/mol. The van der Waals surface area contributed by atoms with Crippen molar-refractivity contribution in [3.8, 4) is 5.88 Å². The molecule has 0 unspecified atom stereocenters. The van der Waals surface area contributed by atoms with Gasteiger partial charge in [0, 0.05) is 13.0 Å². The van der Waals surface area contributed by atoms with Crippen molar-refractivity contribution >= 4 is 22.3 Å². The minimum absolute atomic E-state index is 0.131. The molecule has 160 valence electrons. The van der Waals surface area contributed by atoms with E-state index in [-0.39, 0.29) is 23.8 Å². The maximum absolute atomic E-state index is 12.4. The van der Waals surface area contributed by atoms with E-state index in [1.54, 1.807) is 0 Å².